The predicted molar refractivity (Wildman–Crippen MR) is 92.5 cm³/mol. The van der Waals surface area contributed by atoms with Gasteiger partial charge in [0.2, 0.25) is 0 Å². The molecule has 3 fully saturated rings. The van der Waals surface area contributed by atoms with Gasteiger partial charge < -0.3 is 10.4 Å². The van der Waals surface area contributed by atoms with Crippen LogP contribution < -0.4 is 5.32 Å². The van der Waals surface area contributed by atoms with Crippen molar-refractivity contribution in [1.29, 1.82) is 0 Å². The Morgan fingerprint density at radius 3 is 2.52 bits per heavy atom. The molecule has 0 spiro atoms. The summed E-state index contributed by atoms with van der Waals surface area (Å²) in [6.45, 7) is 6.00. The monoisotopic (exact) mass is 322 g/mol. The number of aliphatic carboxylic acids is 1. The van der Waals surface area contributed by atoms with Gasteiger partial charge in [0, 0.05) is 24.7 Å². The van der Waals surface area contributed by atoms with Gasteiger partial charge in [0.05, 0.1) is 6.54 Å². The highest BCUT2D eigenvalue weighted by atomic mass is 16.4. The summed E-state index contributed by atoms with van der Waals surface area (Å²) >= 11 is 0. The lowest BCUT2D eigenvalue weighted by molar-refractivity contribution is -0.139. The van der Waals surface area contributed by atoms with Crippen molar-refractivity contribution < 1.29 is 9.90 Å². The molecule has 0 aromatic rings. The summed E-state index contributed by atoms with van der Waals surface area (Å²) in [5.74, 6) is 1.76. The van der Waals surface area contributed by atoms with E-state index in [0.717, 1.165) is 37.1 Å². The number of carbonyl (C=O) groups is 1. The third-order valence-electron chi connectivity index (χ3n) is 6.48. The molecule has 4 nitrogen and oxygen atoms in total. The standard InChI is InChI=1S/C19H34N2O2/c1-13-5-3-4-6-18(13)14(2)20-16-9-17(10-16)21(12-19(22)23)11-15-7-8-15/h13-18,20H,3-12H2,1-2H3,(H,22,23). The molecule has 0 heterocycles. The Balaban J connectivity index is 1.42. The summed E-state index contributed by atoms with van der Waals surface area (Å²) in [4.78, 5) is 13.3. The molecule has 0 saturated heterocycles. The van der Waals surface area contributed by atoms with Gasteiger partial charge in [-0.05, 0) is 56.8 Å². The van der Waals surface area contributed by atoms with Crippen LogP contribution in [0.5, 0.6) is 0 Å². The Morgan fingerprint density at radius 2 is 1.91 bits per heavy atom. The molecule has 3 rings (SSSR count). The molecule has 0 aromatic heterocycles. The molecule has 3 saturated carbocycles. The summed E-state index contributed by atoms with van der Waals surface area (Å²) in [6, 6.07) is 1.69. The maximum Gasteiger partial charge on any atom is 0.317 e. The minimum atomic E-state index is -0.675. The van der Waals surface area contributed by atoms with Gasteiger partial charge in [-0.3, -0.25) is 9.69 Å². The van der Waals surface area contributed by atoms with Gasteiger partial charge in [-0.2, -0.15) is 0 Å². The first kappa shape index (κ1) is 17.2. The van der Waals surface area contributed by atoms with Gasteiger partial charge >= 0.3 is 5.97 Å². The number of hydrogen-bond acceptors (Lipinski definition) is 3. The average Bonchev–Trinajstić information content (AvgIpc) is 3.25. The highest BCUT2D eigenvalue weighted by molar-refractivity contribution is 5.69. The van der Waals surface area contributed by atoms with Crippen molar-refractivity contribution in [3.8, 4) is 0 Å². The van der Waals surface area contributed by atoms with E-state index in [1.54, 1.807) is 0 Å². The van der Waals surface area contributed by atoms with Gasteiger partial charge in [-0.15, -0.1) is 0 Å². The van der Waals surface area contributed by atoms with Crippen molar-refractivity contribution in [3.05, 3.63) is 0 Å². The molecule has 4 heteroatoms. The van der Waals surface area contributed by atoms with E-state index in [2.05, 4.69) is 24.1 Å². The third-order valence-corrected chi connectivity index (χ3v) is 6.48. The lowest BCUT2D eigenvalue weighted by atomic mass is 9.75. The Morgan fingerprint density at radius 1 is 1.22 bits per heavy atom. The third kappa shape index (κ3) is 4.69. The fraction of sp³-hybridized carbons (Fsp3) is 0.947. The molecule has 3 aliphatic rings. The van der Waals surface area contributed by atoms with E-state index in [9.17, 15) is 4.79 Å². The van der Waals surface area contributed by atoms with Crippen molar-refractivity contribution >= 4 is 5.97 Å². The van der Waals surface area contributed by atoms with Crippen LogP contribution in [0, 0.1) is 17.8 Å². The van der Waals surface area contributed by atoms with E-state index >= 15 is 0 Å². The maximum atomic E-state index is 11.1. The van der Waals surface area contributed by atoms with Crippen molar-refractivity contribution in [2.75, 3.05) is 13.1 Å². The first-order valence-electron chi connectivity index (χ1n) is 9.74. The zero-order valence-corrected chi connectivity index (χ0v) is 14.8. The van der Waals surface area contributed by atoms with Crippen LogP contribution in [0.1, 0.15) is 65.2 Å². The zero-order chi connectivity index (χ0) is 16.4. The van der Waals surface area contributed by atoms with Crippen LogP contribution in [0.2, 0.25) is 0 Å². The minimum Gasteiger partial charge on any atom is -0.480 e. The van der Waals surface area contributed by atoms with E-state index in [-0.39, 0.29) is 6.54 Å². The highest BCUT2D eigenvalue weighted by Crippen LogP contribution is 2.35. The second kappa shape index (κ2) is 7.52. The van der Waals surface area contributed by atoms with Crippen LogP contribution in [0.4, 0.5) is 0 Å². The second-order valence-corrected chi connectivity index (χ2v) is 8.47. The van der Waals surface area contributed by atoms with E-state index in [1.165, 1.54) is 38.5 Å². The predicted octanol–water partition coefficient (Wildman–Crippen LogP) is 3.12. The number of nitrogens with zero attached hydrogens (tertiary/aromatic N) is 1. The lowest BCUT2D eigenvalue weighted by Gasteiger charge is -2.45. The smallest absolute Gasteiger partial charge is 0.317 e. The Kier molecular flexibility index (Phi) is 5.63. The van der Waals surface area contributed by atoms with Crippen molar-refractivity contribution in [3.63, 3.8) is 0 Å². The number of carboxylic acid groups (broad SMARTS) is 1. The van der Waals surface area contributed by atoms with E-state index < -0.39 is 5.97 Å². The molecular weight excluding hydrogens is 288 g/mol. The normalized spacial score (nSPS) is 35.8. The van der Waals surface area contributed by atoms with Crippen LogP contribution in [0.3, 0.4) is 0 Å². The van der Waals surface area contributed by atoms with Gasteiger partial charge in [0.25, 0.3) is 0 Å². The quantitative estimate of drug-likeness (QED) is 0.721. The van der Waals surface area contributed by atoms with Crippen molar-refractivity contribution in [1.82, 2.24) is 10.2 Å². The average molecular weight is 322 g/mol. The van der Waals surface area contributed by atoms with Crippen molar-refractivity contribution in [2.45, 2.75) is 83.3 Å². The fourth-order valence-electron chi connectivity index (χ4n) is 4.75. The van der Waals surface area contributed by atoms with E-state index in [0.29, 0.717) is 18.1 Å². The molecule has 3 aliphatic carbocycles. The summed E-state index contributed by atoms with van der Waals surface area (Å²) < 4.78 is 0. The van der Waals surface area contributed by atoms with Gasteiger partial charge in [0.1, 0.15) is 0 Å². The first-order valence-corrected chi connectivity index (χ1v) is 9.74. The largest absolute Gasteiger partial charge is 0.480 e. The number of carboxylic acids is 1. The summed E-state index contributed by atoms with van der Waals surface area (Å²) in [7, 11) is 0. The Bertz CT molecular complexity index is 404. The molecule has 0 bridgehead atoms. The maximum absolute atomic E-state index is 11.1. The second-order valence-electron chi connectivity index (χ2n) is 8.47. The SMILES string of the molecule is CC1CCCCC1C(C)NC1CC(N(CC(=O)O)CC2CC2)C1. The van der Waals surface area contributed by atoms with Gasteiger partial charge in [-0.1, -0.05) is 26.2 Å². The zero-order valence-electron chi connectivity index (χ0n) is 14.8. The minimum absolute atomic E-state index is 0.225. The molecule has 0 amide bonds. The Labute approximate surface area is 141 Å². The van der Waals surface area contributed by atoms with E-state index in [1.807, 2.05) is 0 Å². The van der Waals surface area contributed by atoms with Gasteiger partial charge in [0.15, 0.2) is 0 Å². The summed E-state index contributed by atoms with van der Waals surface area (Å²) in [5.41, 5.74) is 0. The molecule has 0 aliphatic heterocycles. The molecule has 2 N–H and O–H groups in total. The van der Waals surface area contributed by atoms with Crippen LogP contribution in [0.25, 0.3) is 0 Å². The van der Waals surface area contributed by atoms with Crippen LogP contribution in [-0.2, 0) is 4.79 Å². The number of hydrogen-bond donors (Lipinski definition) is 2. The molecule has 23 heavy (non-hydrogen) atoms. The molecular formula is C19H34N2O2. The summed E-state index contributed by atoms with van der Waals surface area (Å²) in [6.07, 6.45) is 10.4. The Hall–Kier alpha value is -0.610. The fourth-order valence-corrected chi connectivity index (χ4v) is 4.75. The number of rotatable bonds is 8. The topological polar surface area (TPSA) is 52.6 Å². The first-order chi connectivity index (χ1) is 11.0. The molecule has 0 radical (unpaired) electrons. The number of nitrogens with one attached hydrogen (secondary N) is 1. The molecule has 0 aromatic carbocycles. The highest BCUT2D eigenvalue weighted by Gasteiger charge is 2.38. The van der Waals surface area contributed by atoms with Crippen LogP contribution in [0.15, 0.2) is 0 Å². The van der Waals surface area contributed by atoms with Gasteiger partial charge in [-0.25, -0.2) is 0 Å². The molecule has 132 valence electrons. The van der Waals surface area contributed by atoms with Crippen molar-refractivity contribution in [2.24, 2.45) is 17.8 Å². The summed E-state index contributed by atoms with van der Waals surface area (Å²) in [5, 5.41) is 13.0. The lowest BCUT2D eigenvalue weighted by Crippen LogP contribution is -2.57. The van der Waals surface area contributed by atoms with E-state index in [4.69, 9.17) is 5.11 Å². The molecule has 3 unspecified atom stereocenters. The van der Waals surface area contributed by atoms with Crippen LogP contribution >= 0.6 is 0 Å². The molecule has 3 atom stereocenters. The van der Waals surface area contributed by atoms with Crippen LogP contribution in [-0.4, -0.2) is 47.2 Å².